The summed E-state index contributed by atoms with van der Waals surface area (Å²) in [6, 6.07) is 0. The molecule has 18 heavy (non-hydrogen) atoms. The number of β-amino-alcohol motifs (C(OH)–C–C–N with tert-alkyl or cyclic N) is 1. The molecule has 2 rings (SSSR count). The number of ether oxygens (including phenoxy) is 1. The van der Waals surface area contributed by atoms with Crippen molar-refractivity contribution in [2.45, 2.75) is 32.5 Å². The molecule has 0 saturated carbocycles. The SMILES string of the molecule is CCOC(=O)CC(O)CN1CCn2ccnc2C1. The summed E-state index contributed by atoms with van der Waals surface area (Å²) in [4.78, 5) is 17.6. The Morgan fingerprint density at radius 1 is 1.61 bits per heavy atom. The van der Waals surface area contributed by atoms with Crippen LogP contribution in [0, 0.1) is 0 Å². The topological polar surface area (TPSA) is 67.6 Å². The Balaban J connectivity index is 1.79. The second-order valence-electron chi connectivity index (χ2n) is 4.43. The molecule has 0 aliphatic carbocycles. The highest BCUT2D eigenvalue weighted by Crippen LogP contribution is 2.11. The molecule has 6 heteroatoms. The molecule has 1 atom stereocenters. The normalized spacial score (nSPS) is 17.2. The number of nitrogens with zero attached hydrogens (tertiary/aromatic N) is 3. The molecule has 1 aliphatic rings. The minimum absolute atomic E-state index is 0.0543. The predicted molar refractivity (Wildman–Crippen MR) is 64.8 cm³/mol. The van der Waals surface area contributed by atoms with Crippen molar-refractivity contribution < 1.29 is 14.6 Å². The third-order valence-corrected chi connectivity index (χ3v) is 3.00. The first-order valence-corrected chi connectivity index (χ1v) is 6.25. The average Bonchev–Trinajstić information content (AvgIpc) is 2.76. The van der Waals surface area contributed by atoms with Crippen LogP contribution in [-0.4, -0.2) is 51.3 Å². The van der Waals surface area contributed by atoms with Crippen molar-refractivity contribution >= 4 is 5.97 Å². The summed E-state index contributed by atoms with van der Waals surface area (Å²) in [5.41, 5.74) is 0. The van der Waals surface area contributed by atoms with E-state index in [0.29, 0.717) is 19.7 Å². The van der Waals surface area contributed by atoms with Gasteiger partial charge < -0.3 is 14.4 Å². The van der Waals surface area contributed by atoms with Gasteiger partial charge in [-0.1, -0.05) is 0 Å². The Labute approximate surface area is 106 Å². The molecular formula is C12H19N3O3. The van der Waals surface area contributed by atoms with Crippen LogP contribution in [0.4, 0.5) is 0 Å². The lowest BCUT2D eigenvalue weighted by atomic mass is 10.2. The van der Waals surface area contributed by atoms with Gasteiger partial charge in [0.05, 0.1) is 25.7 Å². The number of carbonyl (C=O) groups is 1. The summed E-state index contributed by atoms with van der Waals surface area (Å²) in [5, 5.41) is 9.83. The lowest BCUT2D eigenvalue weighted by Gasteiger charge is -2.29. The first kappa shape index (κ1) is 13.0. The quantitative estimate of drug-likeness (QED) is 0.749. The zero-order valence-corrected chi connectivity index (χ0v) is 10.6. The highest BCUT2D eigenvalue weighted by atomic mass is 16.5. The zero-order valence-electron chi connectivity index (χ0n) is 10.6. The van der Waals surface area contributed by atoms with E-state index in [-0.39, 0.29) is 12.4 Å². The molecule has 0 aromatic carbocycles. The monoisotopic (exact) mass is 253 g/mol. The Hall–Kier alpha value is -1.40. The summed E-state index contributed by atoms with van der Waals surface area (Å²) >= 11 is 0. The average molecular weight is 253 g/mol. The second kappa shape index (κ2) is 5.97. The van der Waals surface area contributed by atoms with E-state index in [2.05, 4.69) is 14.5 Å². The number of aliphatic hydroxyl groups excluding tert-OH is 1. The maximum Gasteiger partial charge on any atom is 0.308 e. The summed E-state index contributed by atoms with van der Waals surface area (Å²) in [5.74, 6) is 0.660. The molecule has 1 aliphatic heterocycles. The van der Waals surface area contributed by atoms with E-state index in [9.17, 15) is 9.90 Å². The van der Waals surface area contributed by atoms with Gasteiger partial charge in [0.2, 0.25) is 0 Å². The molecule has 1 unspecified atom stereocenters. The Kier molecular flexibility index (Phi) is 4.33. The molecule has 0 spiro atoms. The van der Waals surface area contributed by atoms with Crippen molar-refractivity contribution in [3.8, 4) is 0 Å². The number of aromatic nitrogens is 2. The molecule has 2 heterocycles. The van der Waals surface area contributed by atoms with Crippen molar-refractivity contribution in [3.63, 3.8) is 0 Å². The van der Waals surface area contributed by atoms with Gasteiger partial charge in [0.25, 0.3) is 0 Å². The van der Waals surface area contributed by atoms with Crippen LogP contribution in [0.25, 0.3) is 0 Å². The van der Waals surface area contributed by atoms with Crippen molar-refractivity contribution in [2.75, 3.05) is 19.7 Å². The molecule has 1 aromatic heterocycles. The number of imidazole rings is 1. The third kappa shape index (κ3) is 3.30. The lowest BCUT2D eigenvalue weighted by molar-refractivity contribution is -0.145. The van der Waals surface area contributed by atoms with Crippen LogP contribution in [-0.2, 0) is 22.6 Å². The lowest BCUT2D eigenvalue weighted by Crippen LogP contribution is -2.39. The van der Waals surface area contributed by atoms with Crippen molar-refractivity contribution in [2.24, 2.45) is 0 Å². The van der Waals surface area contributed by atoms with Gasteiger partial charge in [-0.3, -0.25) is 9.69 Å². The summed E-state index contributed by atoms with van der Waals surface area (Å²) in [6.45, 7) is 5.05. The van der Waals surface area contributed by atoms with Gasteiger partial charge in [-0.05, 0) is 6.92 Å². The molecule has 6 nitrogen and oxygen atoms in total. The molecule has 0 saturated heterocycles. The number of hydrogen-bond donors (Lipinski definition) is 1. The largest absolute Gasteiger partial charge is 0.466 e. The number of hydrogen-bond acceptors (Lipinski definition) is 5. The fourth-order valence-electron chi connectivity index (χ4n) is 2.15. The van der Waals surface area contributed by atoms with Gasteiger partial charge in [0, 0.05) is 32.0 Å². The highest BCUT2D eigenvalue weighted by molar-refractivity contribution is 5.69. The van der Waals surface area contributed by atoms with Crippen LogP contribution in [0.1, 0.15) is 19.2 Å². The van der Waals surface area contributed by atoms with Crippen LogP contribution >= 0.6 is 0 Å². The van der Waals surface area contributed by atoms with Crippen molar-refractivity contribution in [1.82, 2.24) is 14.5 Å². The molecule has 0 bridgehead atoms. The van der Waals surface area contributed by atoms with Gasteiger partial charge >= 0.3 is 5.97 Å². The first-order chi connectivity index (χ1) is 8.69. The molecular weight excluding hydrogens is 234 g/mol. The minimum atomic E-state index is -0.675. The van der Waals surface area contributed by atoms with Crippen LogP contribution in [0.2, 0.25) is 0 Å². The van der Waals surface area contributed by atoms with E-state index in [1.54, 1.807) is 13.1 Å². The number of rotatable bonds is 5. The Morgan fingerprint density at radius 2 is 2.44 bits per heavy atom. The molecule has 0 amide bonds. The molecule has 0 fully saturated rings. The van der Waals surface area contributed by atoms with Crippen LogP contribution in [0.5, 0.6) is 0 Å². The first-order valence-electron chi connectivity index (χ1n) is 6.25. The second-order valence-corrected chi connectivity index (χ2v) is 4.43. The zero-order chi connectivity index (χ0) is 13.0. The van der Waals surface area contributed by atoms with Crippen LogP contribution in [0.15, 0.2) is 12.4 Å². The summed E-state index contributed by atoms with van der Waals surface area (Å²) in [6.07, 6.45) is 3.12. The van der Waals surface area contributed by atoms with Gasteiger partial charge in [-0.2, -0.15) is 0 Å². The number of esters is 1. The minimum Gasteiger partial charge on any atom is -0.466 e. The Morgan fingerprint density at radius 3 is 3.22 bits per heavy atom. The number of fused-ring (bicyclic) bond motifs is 1. The third-order valence-electron chi connectivity index (χ3n) is 3.00. The van der Waals surface area contributed by atoms with Crippen molar-refractivity contribution in [1.29, 1.82) is 0 Å². The van der Waals surface area contributed by atoms with Gasteiger partial charge in [-0.15, -0.1) is 0 Å². The fourth-order valence-corrected chi connectivity index (χ4v) is 2.15. The summed E-state index contributed by atoms with van der Waals surface area (Å²) < 4.78 is 6.92. The Bertz CT molecular complexity index is 405. The highest BCUT2D eigenvalue weighted by Gasteiger charge is 2.20. The van der Waals surface area contributed by atoms with E-state index < -0.39 is 6.10 Å². The van der Waals surface area contributed by atoms with Crippen LogP contribution in [0.3, 0.4) is 0 Å². The maximum absolute atomic E-state index is 11.2. The van der Waals surface area contributed by atoms with Crippen LogP contribution < -0.4 is 0 Å². The van der Waals surface area contributed by atoms with Crippen molar-refractivity contribution in [3.05, 3.63) is 18.2 Å². The van der Waals surface area contributed by atoms with E-state index in [0.717, 1.165) is 18.9 Å². The number of aliphatic hydroxyl groups is 1. The molecule has 1 aromatic rings. The van der Waals surface area contributed by atoms with E-state index in [4.69, 9.17) is 4.74 Å². The summed E-state index contributed by atoms with van der Waals surface area (Å²) in [7, 11) is 0. The van der Waals surface area contributed by atoms with Gasteiger partial charge in [-0.25, -0.2) is 4.98 Å². The maximum atomic E-state index is 11.2. The predicted octanol–water partition coefficient (Wildman–Crippen LogP) is 0.0128. The van der Waals surface area contributed by atoms with E-state index in [1.165, 1.54) is 0 Å². The van der Waals surface area contributed by atoms with E-state index >= 15 is 0 Å². The van der Waals surface area contributed by atoms with E-state index in [1.807, 2.05) is 6.20 Å². The molecule has 0 radical (unpaired) electrons. The standard InChI is InChI=1S/C12H19N3O3/c1-2-18-12(17)7-10(16)8-14-5-6-15-4-3-13-11(15)9-14/h3-4,10,16H,2,5-9H2,1H3. The number of carbonyl (C=O) groups excluding carboxylic acids is 1. The molecule has 1 N–H and O–H groups in total. The van der Waals surface area contributed by atoms with Gasteiger partial charge in [0.15, 0.2) is 0 Å². The van der Waals surface area contributed by atoms with Gasteiger partial charge in [0.1, 0.15) is 5.82 Å². The fraction of sp³-hybridized carbons (Fsp3) is 0.667. The molecule has 100 valence electrons. The smallest absolute Gasteiger partial charge is 0.308 e.